The first-order chi connectivity index (χ1) is 11.0. The average molecular weight is 322 g/mol. The summed E-state index contributed by atoms with van der Waals surface area (Å²) in [5.41, 5.74) is -1.09. The predicted octanol–water partition coefficient (Wildman–Crippen LogP) is 4.56. The van der Waals surface area contributed by atoms with E-state index in [1.807, 2.05) is 0 Å². The van der Waals surface area contributed by atoms with Gasteiger partial charge in [-0.25, -0.2) is 4.39 Å². The van der Waals surface area contributed by atoms with Gasteiger partial charge in [-0.1, -0.05) is 6.92 Å². The molecule has 2 nitrogen and oxygen atoms in total. The second-order valence-electron chi connectivity index (χ2n) is 9.09. The number of hydrogen-bond acceptors (Lipinski definition) is 2. The van der Waals surface area contributed by atoms with Gasteiger partial charge in [0.25, 0.3) is 0 Å². The first kappa shape index (κ1) is 16.1. The predicted molar refractivity (Wildman–Crippen MR) is 87.8 cm³/mol. The van der Waals surface area contributed by atoms with E-state index in [1.54, 1.807) is 7.11 Å². The van der Waals surface area contributed by atoms with Crippen molar-refractivity contribution in [1.82, 2.24) is 0 Å². The highest BCUT2D eigenvalue weighted by Crippen LogP contribution is 2.63. The van der Waals surface area contributed by atoms with Crippen molar-refractivity contribution >= 4 is 5.78 Å². The Morgan fingerprint density at radius 2 is 1.96 bits per heavy atom. The molecule has 0 radical (unpaired) electrons. The molecule has 0 amide bonds. The van der Waals surface area contributed by atoms with Crippen molar-refractivity contribution in [3.63, 3.8) is 0 Å². The first-order valence-corrected chi connectivity index (χ1v) is 9.70. The minimum atomic E-state index is -0.958. The molecular weight excluding hydrogens is 291 g/mol. The van der Waals surface area contributed by atoms with Gasteiger partial charge in [-0.3, -0.25) is 4.79 Å². The first-order valence-electron chi connectivity index (χ1n) is 9.70. The van der Waals surface area contributed by atoms with Gasteiger partial charge < -0.3 is 4.74 Å². The standard InChI is InChI=1S/C20H31FO2/c1-19-9-8-17-15(16(19)5-6-18(19)22)4-3-14-11-13(12-23-2)7-10-20(14,17)21/h13-17H,3-12H2,1-2H3/t13-,14+,15-,16?,17?,19-,20+/m0/s1. The molecule has 7 atom stereocenters. The normalized spacial score (nSPS) is 52.7. The number of methoxy groups -OCH3 is 1. The summed E-state index contributed by atoms with van der Waals surface area (Å²) in [4.78, 5) is 12.4. The van der Waals surface area contributed by atoms with Gasteiger partial charge >= 0.3 is 0 Å². The van der Waals surface area contributed by atoms with E-state index in [0.29, 0.717) is 23.5 Å². The molecule has 0 N–H and O–H groups in total. The van der Waals surface area contributed by atoms with Gasteiger partial charge in [0.05, 0.1) is 0 Å². The van der Waals surface area contributed by atoms with Crippen LogP contribution in [0.4, 0.5) is 4.39 Å². The number of carbonyl (C=O) groups is 1. The Hall–Kier alpha value is -0.440. The summed E-state index contributed by atoms with van der Waals surface area (Å²) in [5, 5.41) is 0. The van der Waals surface area contributed by atoms with E-state index in [-0.39, 0.29) is 17.3 Å². The Kier molecular flexibility index (Phi) is 3.87. The van der Waals surface area contributed by atoms with E-state index in [2.05, 4.69) is 6.92 Å². The number of hydrogen-bond donors (Lipinski definition) is 0. The highest BCUT2D eigenvalue weighted by atomic mass is 19.1. The average Bonchev–Trinajstić information content (AvgIpc) is 2.84. The Bertz CT molecular complexity index is 492. The molecule has 4 saturated carbocycles. The SMILES string of the molecule is COC[C@H]1CC[C@]2(F)C3CC[C@]4(C)C(=O)CCC4[C@@H]3CC[C@@H]2C1. The van der Waals surface area contributed by atoms with Gasteiger partial charge in [0.2, 0.25) is 0 Å². The fourth-order valence-corrected chi connectivity index (χ4v) is 7.03. The molecule has 23 heavy (non-hydrogen) atoms. The molecule has 4 aliphatic carbocycles. The van der Waals surface area contributed by atoms with Gasteiger partial charge in [-0.2, -0.15) is 0 Å². The zero-order valence-electron chi connectivity index (χ0n) is 14.7. The van der Waals surface area contributed by atoms with Crippen LogP contribution in [0, 0.1) is 35.0 Å². The molecule has 4 rings (SSSR count). The van der Waals surface area contributed by atoms with Crippen LogP contribution in [-0.4, -0.2) is 25.2 Å². The van der Waals surface area contributed by atoms with Crippen LogP contribution in [-0.2, 0) is 9.53 Å². The number of ketones is 1. The fourth-order valence-electron chi connectivity index (χ4n) is 7.03. The highest BCUT2D eigenvalue weighted by molar-refractivity contribution is 5.87. The zero-order valence-corrected chi connectivity index (χ0v) is 14.7. The zero-order chi connectivity index (χ0) is 16.2. The molecule has 4 fully saturated rings. The van der Waals surface area contributed by atoms with Crippen LogP contribution >= 0.6 is 0 Å². The van der Waals surface area contributed by atoms with Gasteiger partial charge in [0.15, 0.2) is 0 Å². The topological polar surface area (TPSA) is 26.3 Å². The second-order valence-corrected chi connectivity index (χ2v) is 9.09. The molecule has 0 aromatic carbocycles. The van der Waals surface area contributed by atoms with Crippen LogP contribution < -0.4 is 0 Å². The number of carbonyl (C=O) groups excluding carboxylic acids is 1. The van der Waals surface area contributed by atoms with Crippen LogP contribution in [0.5, 0.6) is 0 Å². The Labute approximate surface area is 139 Å². The summed E-state index contributed by atoms with van der Waals surface area (Å²) < 4.78 is 21.4. The van der Waals surface area contributed by atoms with E-state index in [0.717, 1.165) is 64.4 Å². The highest BCUT2D eigenvalue weighted by Gasteiger charge is 2.62. The monoisotopic (exact) mass is 322 g/mol. The Morgan fingerprint density at radius 3 is 2.74 bits per heavy atom. The maximum absolute atomic E-state index is 16.1. The van der Waals surface area contributed by atoms with Crippen molar-refractivity contribution in [1.29, 1.82) is 0 Å². The third-order valence-corrected chi connectivity index (χ3v) is 8.25. The number of fused-ring (bicyclic) bond motifs is 5. The smallest absolute Gasteiger partial charge is 0.139 e. The second kappa shape index (κ2) is 5.54. The van der Waals surface area contributed by atoms with Crippen molar-refractivity contribution in [2.45, 2.75) is 70.4 Å². The molecule has 0 saturated heterocycles. The summed E-state index contributed by atoms with van der Waals surface area (Å²) in [6.07, 6.45) is 8.51. The van der Waals surface area contributed by atoms with Gasteiger partial charge in [0.1, 0.15) is 11.5 Å². The van der Waals surface area contributed by atoms with Crippen LogP contribution in [0.15, 0.2) is 0 Å². The lowest BCUT2D eigenvalue weighted by Gasteiger charge is -2.57. The summed E-state index contributed by atoms with van der Waals surface area (Å²) in [6.45, 7) is 2.96. The maximum atomic E-state index is 16.1. The quantitative estimate of drug-likeness (QED) is 0.745. The molecule has 130 valence electrons. The Morgan fingerprint density at radius 1 is 1.13 bits per heavy atom. The van der Waals surface area contributed by atoms with E-state index >= 15 is 4.39 Å². The number of rotatable bonds is 2. The molecule has 0 aliphatic heterocycles. The summed E-state index contributed by atoms with van der Waals surface area (Å²) in [7, 11) is 1.76. The molecule has 0 aromatic heterocycles. The molecule has 0 bridgehead atoms. The molecule has 0 aromatic rings. The van der Waals surface area contributed by atoms with Crippen molar-refractivity contribution < 1.29 is 13.9 Å². The van der Waals surface area contributed by atoms with Crippen molar-refractivity contribution in [3.8, 4) is 0 Å². The lowest BCUT2D eigenvalue weighted by atomic mass is 9.49. The summed E-state index contributed by atoms with van der Waals surface area (Å²) >= 11 is 0. The summed E-state index contributed by atoms with van der Waals surface area (Å²) in [6, 6.07) is 0. The Balaban J connectivity index is 1.56. The third kappa shape index (κ3) is 2.25. The van der Waals surface area contributed by atoms with E-state index in [9.17, 15) is 4.79 Å². The minimum absolute atomic E-state index is 0.127. The summed E-state index contributed by atoms with van der Waals surface area (Å²) in [5.74, 6) is 2.37. The number of ether oxygens (including phenoxy) is 1. The largest absolute Gasteiger partial charge is 0.384 e. The van der Waals surface area contributed by atoms with E-state index in [4.69, 9.17) is 4.74 Å². The number of alkyl halides is 1. The fraction of sp³-hybridized carbons (Fsp3) is 0.950. The van der Waals surface area contributed by atoms with Gasteiger partial charge in [-0.15, -0.1) is 0 Å². The molecule has 3 heteroatoms. The van der Waals surface area contributed by atoms with Crippen LogP contribution in [0.2, 0.25) is 0 Å². The van der Waals surface area contributed by atoms with Gasteiger partial charge in [0, 0.05) is 25.6 Å². The lowest BCUT2D eigenvalue weighted by molar-refractivity contribution is -0.149. The van der Waals surface area contributed by atoms with E-state index in [1.165, 1.54) is 0 Å². The molecule has 2 unspecified atom stereocenters. The minimum Gasteiger partial charge on any atom is -0.384 e. The molecule has 0 heterocycles. The van der Waals surface area contributed by atoms with Crippen LogP contribution in [0.3, 0.4) is 0 Å². The molecule has 4 aliphatic rings. The van der Waals surface area contributed by atoms with Crippen molar-refractivity contribution in [3.05, 3.63) is 0 Å². The maximum Gasteiger partial charge on any atom is 0.139 e. The molecular formula is C20H31FO2. The number of halogens is 1. The lowest BCUT2D eigenvalue weighted by Crippen LogP contribution is -2.56. The van der Waals surface area contributed by atoms with Gasteiger partial charge in [-0.05, 0) is 81.0 Å². The van der Waals surface area contributed by atoms with E-state index < -0.39 is 5.67 Å². The third-order valence-electron chi connectivity index (χ3n) is 8.25. The van der Waals surface area contributed by atoms with Crippen molar-refractivity contribution in [2.24, 2.45) is 35.0 Å². The van der Waals surface area contributed by atoms with Crippen molar-refractivity contribution in [2.75, 3.05) is 13.7 Å². The van der Waals surface area contributed by atoms with Crippen LogP contribution in [0.25, 0.3) is 0 Å². The van der Waals surface area contributed by atoms with Crippen LogP contribution in [0.1, 0.15) is 64.7 Å². The number of Topliss-reactive ketones (excluding diaryl/α,β-unsaturated/α-hetero) is 1. The molecule has 0 spiro atoms.